The average Bonchev–Trinajstić information content (AvgIpc) is 3.23. The van der Waals surface area contributed by atoms with Gasteiger partial charge in [-0.25, -0.2) is 4.39 Å². The molecule has 0 amide bonds. The Morgan fingerprint density at radius 3 is 2.21 bits per heavy atom. The SMILES string of the molecule is Fc1ccc([C@H](NCCc2ccccc2)c2nnc(-c3ccccc3)o2)cc1. The first-order valence-corrected chi connectivity index (χ1v) is 9.21. The van der Waals surface area contributed by atoms with Crippen LogP contribution in [0.15, 0.2) is 89.3 Å². The Kier molecular flexibility index (Phi) is 5.54. The van der Waals surface area contributed by atoms with Gasteiger partial charge in [0.1, 0.15) is 11.9 Å². The van der Waals surface area contributed by atoms with Crippen molar-refractivity contribution in [3.63, 3.8) is 0 Å². The monoisotopic (exact) mass is 373 g/mol. The van der Waals surface area contributed by atoms with Gasteiger partial charge in [-0.2, -0.15) is 0 Å². The minimum absolute atomic E-state index is 0.276. The summed E-state index contributed by atoms with van der Waals surface area (Å²) in [5.74, 6) is 0.647. The molecule has 1 atom stereocenters. The molecule has 0 spiro atoms. The van der Waals surface area contributed by atoms with Gasteiger partial charge in [0.15, 0.2) is 0 Å². The lowest BCUT2D eigenvalue weighted by Gasteiger charge is -2.16. The number of nitrogens with one attached hydrogen (secondary N) is 1. The number of aromatic nitrogens is 2. The molecule has 1 heterocycles. The van der Waals surface area contributed by atoms with Crippen LogP contribution in [0.5, 0.6) is 0 Å². The summed E-state index contributed by atoms with van der Waals surface area (Å²) in [5.41, 5.74) is 2.98. The molecule has 4 rings (SSSR count). The van der Waals surface area contributed by atoms with E-state index in [1.807, 2.05) is 48.5 Å². The lowest BCUT2D eigenvalue weighted by atomic mass is 10.1. The number of rotatable bonds is 7. The molecule has 28 heavy (non-hydrogen) atoms. The van der Waals surface area contributed by atoms with Gasteiger partial charge in [0.25, 0.3) is 0 Å². The molecule has 0 unspecified atom stereocenters. The molecule has 0 saturated heterocycles. The summed E-state index contributed by atoms with van der Waals surface area (Å²) in [6, 6.07) is 25.9. The summed E-state index contributed by atoms with van der Waals surface area (Å²) < 4.78 is 19.3. The fourth-order valence-corrected chi connectivity index (χ4v) is 3.06. The second-order valence-electron chi connectivity index (χ2n) is 6.49. The number of hydrogen-bond donors (Lipinski definition) is 1. The van der Waals surface area contributed by atoms with Gasteiger partial charge in [0.2, 0.25) is 11.8 Å². The standard InChI is InChI=1S/C23H20FN3O/c24-20-13-11-18(12-14-20)21(25-16-15-17-7-3-1-4-8-17)23-27-26-22(28-23)19-9-5-2-6-10-19/h1-14,21,25H,15-16H2/t21-/m0/s1. The third-order valence-electron chi connectivity index (χ3n) is 4.52. The second kappa shape index (κ2) is 8.59. The van der Waals surface area contributed by atoms with Gasteiger partial charge in [-0.3, -0.25) is 0 Å². The number of nitrogens with zero attached hydrogens (tertiary/aromatic N) is 2. The third kappa shape index (κ3) is 4.32. The smallest absolute Gasteiger partial charge is 0.247 e. The normalized spacial score (nSPS) is 12.0. The molecular formula is C23H20FN3O. The Labute approximate surface area is 163 Å². The van der Waals surface area contributed by atoms with Crippen LogP contribution in [0.4, 0.5) is 4.39 Å². The van der Waals surface area contributed by atoms with Crippen LogP contribution >= 0.6 is 0 Å². The summed E-state index contributed by atoms with van der Waals surface area (Å²) in [6.07, 6.45) is 0.859. The van der Waals surface area contributed by atoms with Gasteiger partial charge in [-0.15, -0.1) is 10.2 Å². The first kappa shape index (κ1) is 18.1. The molecule has 0 aliphatic heterocycles. The molecule has 0 fully saturated rings. The molecule has 0 aliphatic carbocycles. The summed E-state index contributed by atoms with van der Waals surface area (Å²) in [5, 5.41) is 11.9. The maximum Gasteiger partial charge on any atom is 0.247 e. The van der Waals surface area contributed by atoms with E-state index in [9.17, 15) is 4.39 Å². The first-order chi connectivity index (χ1) is 13.8. The van der Waals surface area contributed by atoms with Crippen molar-refractivity contribution in [1.29, 1.82) is 0 Å². The van der Waals surface area contributed by atoms with Gasteiger partial charge in [0, 0.05) is 12.1 Å². The maximum absolute atomic E-state index is 13.4. The van der Waals surface area contributed by atoms with Crippen molar-refractivity contribution < 1.29 is 8.81 Å². The Morgan fingerprint density at radius 2 is 1.50 bits per heavy atom. The van der Waals surface area contributed by atoms with Crippen LogP contribution in [-0.2, 0) is 6.42 Å². The van der Waals surface area contributed by atoms with Crippen molar-refractivity contribution >= 4 is 0 Å². The highest BCUT2D eigenvalue weighted by Gasteiger charge is 2.21. The van der Waals surface area contributed by atoms with E-state index in [0.717, 1.165) is 24.1 Å². The molecule has 140 valence electrons. The topological polar surface area (TPSA) is 51.0 Å². The fourth-order valence-electron chi connectivity index (χ4n) is 3.06. The van der Waals surface area contributed by atoms with Crippen LogP contribution < -0.4 is 5.32 Å². The zero-order valence-corrected chi connectivity index (χ0v) is 15.3. The molecular weight excluding hydrogens is 353 g/mol. The Balaban J connectivity index is 1.56. The Morgan fingerprint density at radius 1 is 0.821 bits per heavy atom. The van der Waals surface area contributed by atoms with Crippen molar-refractivity contribution in [2.24, 2.45) is 0 Å². The number of halogens is 1. The minimum atomic E-state index is -0.311. The molecule has 0 bridgehead atoms. The predicted molar refractivity (Wildman–Crippen MR) is 106 cm³/mol. The highest BCUT2D eigenvalue weighted by molar-refractivity contribution is 5.51. The zero-order valence-electron chi connectivity index (χ0n) is 15.3. The molecule has 4 nitrogen and oxygen atoms in total. The van der Waals surface area contributed by atoms with Crippen LogP contribution in [0.1, 0.15) is 23.1 Å². The third-order valence-corrected chi connectivity index (χ3v) is 4.52. The van der Waals surface area contributed by atoms with Crippen LogP contribution in [-0.4, -0.2) is 16.7 Å². The minimum Gasteiger partial charge on any atom is -0.419 e. The van der Waals surface area contributed by atoms with E-state index in [1.54, 1.807) is 12.1 Å². The largest absolute Gasteiger partial charge is 0.419 e. The number of benzene rings is 3. The molecule has 0 saturated carbocycles. The van der Waals surface area contributed by atoms with E-state index in [4.69, 9.17) is 4.42 Å². The predicted octanol–water partition coefficient (Wildman–Crippen LogP) is 4.80. The summed E-state index contributed by atoms with van der Waals surface area (Å²) >= 11 is 0. The van der Waals surface area contributed by atoms with Gasteiger partial charge in [-0.05, 0) is 41.8 Å². The molecule has 1 aromatic heterocycles. The lowest BCUT2D eigenvalue weighted by Crippen LogP contribution is -2.25. The van der Waals surface area contributed by atoms with E-state index in [0.29, 0.717) is 11.8 Å². The van der Waals surface area contributed by atoms with Crippen LogP contribution in [0.2, 0.25) is 0 Å². The maximum atomic E-state index is 13.4. The van der Waals surface area contributed by atoms with E-state index >= 15 is 0 Å². The highest BCUT2D eigenvalue weighted by atomic mass is 19.1. The van der Waals surface area contributed by atoms with Crippen molar-refractivity contribution in [3.05, 3.63) is 108 Å². The van der Waals surface area contributed by atoms with E-state index in [2.05, 4.69) is 27.6 Å². The summed E-state index contributed by atoms with van der Waals surface area (Å²) in [7, 11) is 0. The van der Waals surface area contributed by atoms with Crippen molar-refractivity contribution in [1.82, 2.24) is 15.5 Å². The van der Waals surface area contributed by atoms with Crippen LogP contribution in [0.25, 0.3) is 11.5 Å². The molecule has 0 radical (unpaired) electrons. The fraction of sp³-hybridized carbons (Fsp3) is 0.130. The van der Waals surface area contributed by atoms with Gasteiger partial charge < -0.3 is 9.73 Å². The van der Waals surface area contributed by atoms with E-state index in [-0.39, 0.29) is 11.9 Å². The summed E-state index contributed by atoms with van der Waals surface area (Å²) in [4.78, 5) is 0. The molecule has 3 aromatic carbocycles. The molecule has 5 heteroatoms. The lowest BCUT2D eigenvalue weighted by molar-refractivity contribution is 0.440. The Bertz CT molecular complexity index is 1000. The highest BCUT2D eigenvalue weighted by Crippen LogP contribution is 2.25. The first-order valence-electron chi connectivity index (χ1n) is 9.21. The van der Waals surface area contributed by atoms with Crippen molar-refractivity contribution in [2.75, 3.05) is 6.54 Å². The average molecular weight is 373 g/mol. The van der Waals surface area contributed by atoms with Crippen LogP contribution in [0.3, 0.4) is 0 Å². The quantitative estimate of drug-likeness (QED) is 0.506. The Hall–Kier alpha value is -3.31. The summed E-state index contributed by atoms with van der Waals surface area (Å²) in [6.45, 7) is 0.717. The van der Waals surface area contributed by atoms with Crippen molar-refractivity contribution in [3.8, 4) is 11.5 Å². The van der Waals surface area contributed by atoms with Crippen molar-refractivity contribution in [2.45, 2.75) is 12.5 Å². The van der Waals surface area contributed by atoms with E-state index < -0.39 is 0 Å². The zero-order chi connectivity index (χ0) is 19.2. The molecule has 0 aliphatic rings. The molecule has 1 N–H and O–H groups in total. The number of hydrogen-bond acceptors (Lipinski definition) is 4. The second-order valence-corrected chi connectivity index (χ2v) is 6.49. The van der Waals surface area contributed by atoms with Gasteiger partial charge in [0.05, 0.1) is 0 Å². The van der Waals surface area contributed by atoms with Gasteiger partial charge >= 0.3 is 0 Å². The molecule has 4 aromatic rings. The van der Waals surface area contributed by atoms with Crippen LogP contribution in [0, 0.1) is 5.82 Å². The van der Waals surface area contributed by atoms with E-state index in [1.165, 1.54) is 17.7 Å². The van der Waals surface area contributed by atoms with Gasteiger partial charge in [-0.1, -0.05) is 60.7 Å².